The number of rotatable bonds is 5. The molecule has 1 amide bonds. The molecule has 0 radical (unpaired) electrons. The van der Waals surface area contributed by atoms with Crippen LogP contribution in [0.2, 0.25) is 0 Å². The number of carbonyl (C=O) groups excluding carboxylic acids is 1. The lowest BCUT2D eigenvalue weighted by molar-refractivity contribution is -0.127. The predicted octanol–water partition coefficient (Wildman–Crippen LogP) is 2.01. The van der Waals surface area contributed by atoms with E-state index in [-0.39, 0.29) is 36.4 Å². The topological polar surface area (TPSA) is 69.6 Å². The number of nitrogens with zero attached hydrogens (tertiary/aromatic N) is 3. The molecule has 2 bridgehead atoms. The van der Waals surface area contributed by atoms with Crippen LogP contribution >= 0.6 is 24.0 Å². The normalized spacial score (nSPS) is 24.6. The summed E-state index contributed by atoms with van der Waals surface area (Å²) in [6.07, 6.45) is 7.01. The van der Waals surface area contributed by atoms with E-state index in [1.54, 1.807) is 25.2 Å². The van der Waals surface area contributed by atoms with Gasteiger partial charge in [-0.2, -0.15) is 0 Å². The average molecular weight is 457 g/mol. The maximum absolute atomic E-state index is 11.9. The van der Waals surface area contributed by atoms with Crippen molar-refractivity contribution in [1.82, 2.24) is 20.5 Å². The van der Waals surface area contributed by atoms with Crippen LogP contribution in [0.25, 0.3) is 0 Å². The van der Waals surface area contributed by atoms with Gasteiger partial charge in [0, 0.05) is 26.3 Å². The number of halogens is 1. The molecule has 25 heavy (non-hydrogen) atoms. The highest BCUT2D eigenvalue weighted by atomic mass is 127. The Morgan fingerprint density at radius 2 is 2.16 bits per heavy atom. The van der Waals surface area contributed by atoms with Gasteiger partial charge in [-0.25, -0.2) is 4.99 Å². The number of fused-ring (bicyclic) bond motifs is 2. The molecule has 6 nitrogen and oxygen atoms in total. The van der Waals surface area contributed by atoms with Crippen molar-refractivity contribution in [2.75, 3.05) is 20.6 Å². The summed E-state index contributed by atoms with van der Waals surface area (Å²) < 4.78 is 0. The van der Waals surface area contributed by atoms with E-state index < -0.39 is 0 Å². The van der Waals surface area contributed by atoms with E-state index >= 15 is 0 Å². The molecule has 0 aliphatic heterocycles. The van der Waals surface area contributed by atoms with Crippen LogP contribution in [0.1, 0.15) is 31.4 Å². The van der Waals surface area contributed by atoms with Gasteiger partial charge in [-0.15, -0.1) is 24.0 Å². The predicted molar refractivity (Wildman–Crippen MR) is 110 cm³/mol. The van der Waals surface area contributed by atoms with Crippen molar-refractivity contribution in [2.24, 2.45) is 16.8 Å². The zero-order valence-electron chi connectivity index (χ0n) is 14.9. The monoisotopic (exact) mass is 457 g/mol. The van der Waals surface area contributed by atoms with Crippen molar-refractivity contribution in [3.63, 3.8) is 0 Å². The summed E-state index contributed by atoms with van der Waals surface area (Å²) in [5, 5.41) is 6.73. The summed E-state index contributed by atoms with van der Waals surface area (Å²) in [6.45, 7) is 0.759. The van der Waals surface area contributed by atoms with Gasteiger partial charge in [-0.3, -0.25) is 9.78 Å². The van der Waals surface area contributed by atoms with Gasteiger partial charge in [0.1, 0.15) is 0 Å². The van der Waals surface area contributed by atoms with Gasteiger partial charge in [0.05, 0.1) is 18.8 Å². The Bertz CT molecular complexity index is 592. The summed E-state index contributed by atoms with van der Waals surface area (Å²) in [4.78, 5) is 22.4. The summed E-state index contributed by atoms with van der Waals surface area (Å²) in [5.41, 5.74) is 0.922. The zero-order chi connectivity index (χ0) is 16.9. The second-order valence-corrected chi connectivity index (χ2v) is 7.05. The van der Waals surface area contributed by atoms with Gasteiger partial charge in [0.2, 0.25) is 5.91 Å². The van der Waals surface area contributed by atoms with E-state index in [9.17, 15) is 4.79 Å². The molecule has 2 fully saturated rings. The number of carbonyl (C=O) groups is 1. The zero-order valence-corrected chi connectivity index (χ0v) is 17.3. The first-order valence-corrected chi connectivity index (χ1v) is 8.76. The maximum Gasteiger partial charge on any atom is 0.241 e. The molecule has 1 heterocycles. The lowest BCUT2D eigenvalue weighted by Crippen LogP contribution is -2.48. The summed E-state index contributed by atoms with van der Waals surface area (Å²) in [7, 11) is 3.52. The Morgan fingerprint density at radius 3 is 2.76 bits per heavy atom. The highest BCUT2D eigenvalue weighted by molar-refractivity contribution is 14.0. The van der Waals surface area contributed by atoms with Crippen LogP contribution in [0.5, 0.6) is 0 Å². The molecule has 3 unspecified atom stereocenters. The van der Waals surface area contributed by atoms with Crippen molar-refractivity contribution in [1.29, 1.82) is 0 Å². The summed E-state index contributed by atoms with van der Waals surface area (Å²) in [5.74, 6) is 2.37. The van der Waals surface area contributed by atoms with Crippen LogP contribution in [0.15, 0.2) is 29.4 Å². The van der Waals surface area contributed by atoms with Crippen LogP contribution in [0, 0.1) is 11.8 Å². The third kappa shape index (κ3) is 5.55. The number of hydrogen-bond donors (Lipinski definition) is 2. The molecule has 1 aromatic heterocycles. The first-order chi connectivity index (χ1) is 11.6. The summed E-state index contributed by atoms with van der Waals surface area (Å²) >= 11 is 0. The second kappa shape index (κ2) is 9.35. The van der Waals surface area contributed by atoms with Crippen LogP contribution in [0.3, 0.4) is 0 Å². The fourth-order valence-electron chi connectivity index (χ4n) is 3.72. The van der Waals surface area contributed by atoms with Crippen LogP contribution in [0.4, 0.5) is 0 Å². The minimum Gasteiger partial charge on any atom is -0.353 e. The average Bonchev–Trinajstić information content (AvgIpc) is 3.20. The standard InChI is InChI=1S/C18H27N5O.HI/c1-23(2)17(24)12-21-18(20-11-15-5-3-4-8-19-15)22-16-10-13-6-7-14(16)9-13;/h3-5,8,13-14,16H,6-7,9-12H2,1-2H3,(H2,20,21,22);1H. The Morgan fingerprint density at radius 1 is 1.32 bits per heavy atom. The number of amides is 1. The summed E-state index contributed by atoms with van der Waals surface area (Å²) in [6, 6.07) is 6.30. The van der Waals surface area contributed by atoms with E-state index in [1.165, 1.54) is 25.7 Å². The fourth-order valence-corrected chi connectivity index (χ4v) is 3.72. The van der Waals surface area contributed by atoms with Crippen molar-refractivity contribution in [3.8, 4) is 0 Å². The number of pyridine rings is 1. The number of nitrogens with one attached hydrogen (secondary N) is 2. The lowest BCUT2D eigenvalue weighted by Gasteiger charge is -2.25. The lowest BCUT2D eigenvalue weighted by atomic mass is 9.95. The second-order valence-electron chi connectivity index (χ2n) is 7.05. The first-order valence-electron chi connectivity index (χ1n) is 8.76. The molecule has 2 saturated carbocycles. The van der Waals surface area contributed by atoms with Crippen LogP contribution < -0.4 is 10.6 Å². The number of aliphatic imine (C=N–C) groups is 1. The molecule has 138 valence electrons. The van der Waals surface area contributed by atoms with Crippen molar-refractivity contribution in [2.45, 2.75) is 38.3 Å². The quantitative estimate of drug-likeness (QED) is 0.403. The third-order valence-corrected chi connectivity index (χ3v) is 5.09. The van der Waals surface area contributed by atoms with Crippen LogP contribution in [-0.2, 0) is 11.3 Å². The van der Waals surface area contributed by atoms with Crippen molar-refractivity contribution >= 4 is 35.8 Å². The van der Waals surface area contributed by atoms with Crippen molar-refractivity contribution < 1.29 is 4.79 Å². The highest BCUT2D eigenvalue weighted by Crippen LogP contribution is 2.44. The van der Waals surface area contributed by atoms with Gasteiger partial charge in [-0.1, -0.05) is 12.5 Å². The van der Waals surface area contributed by atoms with Crippen molar-refractivity contribution in [3.05, 3.63) is 30.1 Å². The van der Waals surface area contributed by atoms with E-state index in [0.29, 0.717) is 18.5 Å². The molecule has 3 atom stereocenters. The smallest absolute Gasteiger partial charge is 0.241 e. The number of likely N-dealkylation sites (N-methyl/N-ethyl adjacent to an activating group) is 1. The molecule has 0 aromatic carbocycles. The Balaban J connectivity index is 0.00000225. The Kier molecular flexibility index (Phi) is 7.46. The third-order valence-electron chi connectivity index (χ3n) is 5.09. The number of hydrogen-bond acceptors (Lipinski definition) is 3. The molecule has 0 saturated heterocycles. The molecule has 0 spiro atoms. The Hall–Kier alpha value is -1.38. The largest absolute Gasteiger partial charge is 0.353 e. The molecule has 2 N–H and O–H groups in total. The van der Waals surface area contributed by atoms with Gasteiger partial charge < -0.3 is 15.5 Å². The molecular weight excluding hydrogens is 429 g/mol. The number of guanidine groups is 1. The minimum atomic E-state index is 0. The first kappa shape index (κ1) is 19.9. The maximum atomic E-state index is 11.9. The molecule has 2 aliphatic rings. The van der Waals surface area contributed by atoms with E-state index in [2.05, 4.69) is 20.6 Å². The number of aromatic nitrogens is 1. The Labute approximate surface area is 166 Å². The van der Waals surface area contributed by atoms with Gasteiger partial charge in [0.15, 0.2) is 5.96 Å². The van der Waals surface area contributed by atoms with Gasteiger partial charge in [-0.05, 0) is 43.2 Å². The molecular formula is C18H28IN5O. The fraction of sp³-hybridized carbons (Fsp3) is 0.611. The molecule has 3 rings (SSSR count). The SMILES string of the molecule is CN(C)C(=O)CNC(=NCc1ccccn1)NC1CC2CCC1C2.I. The minimum absolute atomic E-state index is 0. The van der Waals surface area contributed by atoms with E-state index in [4.69, 9.17) is 0 Å². The van der Waals surface area contributed by atoms with E-state index in [1.807, 2.05) is 18.2 Å². The highest BCUT2D eigenvalue weighted by Gasteiger charge is 2.39. The van der Waals surface area contributed by atoms with E-state index in [0.717, 1.165) is 17.5 Å². The molecule has 1 aromatic rings. The van der Waals surface area contributed by atoms with Crippen LogP contribution in [-0.4, -0.2) is 48.4 Å². The molecule has 2 aliphatic carbocycles. The molecule has 7 heteroatoms. The van der Waals surface area contributed by atoms with Gasteiger partial charge in [0.25, 0.3) is 0 Å². The van der Waals surface area contributed by atoms with Gasteiger partial charge >= 0.3 is 0 Å².